The van der Waals surface area contributed by atoms with Crippen molar-refractivity contribution in [2.45, 2.75) is 26.0 Å². The van der Waals surface area contributed by atoms with E-state index in [1.807, 2.05) is 27.1 Å². The molecule has 0 fully saturated rings. The lowest BCUT2D eigenvalue weighted by molar-refractivity contribution is 0.116. The number of hydrogen-bond donors (Lipinski definition) is 2. The first-order chi connectivity index (χ1) is 7.63. The van der Waals surface area contributed by atoms with Crippen LogP contribution in [0.5, 0.6) is 0 Å². The zero-order valence-corrected chi connectivity index (χ0v) is 10.2. The van der Waals surface area contributed by atoms with E-state index in [1.165, 1.54) is 0 Å². The molecule has 0 aliphatic heterocycles. The summed E-state index contributed by atoms with van der Waals surface area (Å²) in [4.78, 5) is 0. The van der Waals surface area contributed by atoms with Crippen molar-refractivity contribution < 1.29 is 9.84 Å². The van der Waals surface area contributed by atoms with Gasteiger partial charge in [0.05, 0.1) is 18.9 Å². The molecule has 1 aromatic heterocycles. The molecule has 1 aromatic rings. The van der Waals surface area contributed by atoms with Crippen LogP contribution in [0.1, 0.15) is 25.5 Å². The third kappa shape index (κ3) is 4.30. The molecule has 2 unspecified atom stereocenters. The first kappa shape index (κ1) is 13.2. The smallest absolute Gasteiger partial charge is 0.0944 e. The molecule has 5 nitrogen and oxygen atoms in total. The van der Waals surface area contributed by atoms with Crippen LogP contribution in [0, 0.1) is 0 Å². The van der Waals surface area contributed by atoms with E-state index in [-0.39, 0.29) is 6.04 Å². The van der Waals surface area contributed by atoms with Crippen molar-refractivity contribution in [2.75, 3.05) is 19.8 Å². The second kappa shape index (κ2) is 6.62. The fourth-order valence-electron chi connectivity index (χ4n) is 1.40. The van der Waals surface area contributed by atoms with Crippen molar-refractivity contribution in [3.05, 3.63) is 18.0 Å². The van der Waals surface area contributed by atoms with Crippen molar-refractivity contribution >= 4 is 0 Å². The predicted molar refractivity (Wildman–Crippen MR) is 62.1 cm³/mol. The van der Waals surface area contributed by atoms with Crippen LogP contribution in [-0.4, -0.2) is 40.7 Å². The average molecular weight is 227 g/mol. The Hall–Kier alpha value is -0.910. The fourth-order valence-corrected chi connectivity index (χ4v) is 1.40. The fraction of sp³-hybridized carbons (Fsp3) is 0.727. The van der Waals surface area contributed by atoms with Crippen molar-refractivity contribution in [2.24, 2.45) is 7.05 Å². The van der Waals surface area contributed by atoms with E-state index in [2.05, 4.69) is 10.4 Å². The van der Waals surface area contributed by atoms with Crippen molar-refractivity contribution in [1.29, 1.82) is 0 Å². The van der Waals surface area contributed by atoms with E-state index in [0.29, 0.717) is 13.2 Å². The molecule has 0 radical (unpaired) electrons. The highest BCUT2D eigenvalue weighted by Gasteiger charge is 2.10. The van der Waals surface area contributed by atoms with Gasteiger partial charge < -0.3 is 15.2 Å². The molecule has 16 heavy (non-hydrogen) atoms. The van der Waals surface area contributed by atoms with Gasteiger partial charge in [-0.2, -0.15) is 5.10 Å². The van der Waals surface area contributed by atoms with Crippen LogP contribution < -0.4 is 5.32 Å². The summed E-state index contributed by atoms with van der Waals surface area (Å²) >= 11 is 0. The first-order valence-corrected chi connectivity index (χ1v) is 5.61. The van der Waals surface area contributed by atoms with Crippen molar-refractivity contribution in [3.63, 3.8) is 0 Å². The summed E-state index contributed by atoms with van der Waals surface area (Å²) in [7, 11) is 1.83. The molecule has 92 valence electrons. The Labute approximate surface area is 96.4 Å². The minimum absolute atomic E-state index is 0.242. The Morgan fingerprint density at radius 3 is 2.94 bits per heavy atom. The molecule has 0 saturated heterocycles. The topological polar surface area (TPSA) is 59.3 Å². The number of nitrogens with zero attached hydrogens (tertiary/aromatic N) is 2. The normalized spacial score (nSPS) is 15.0. The molecule has 0 amide bonds. The molecular weight excluding hydrogens is 206 g/mol. The minimum atomic E-state index is -0.516. The molecule has 0 saturated carbocycles. The number of ether oxygens (including phenoxy) is 1. The van der Waals surface area contributed by atoms with Gasteiger partial charge in [-0.1, -0.05) is 0 Å². The molecule has 0 aromatic carbocycles. The van der Waals surface area contributed by atoms with Gasteiger partial charge in [-0.05, 0) is 13.8 Å². The maximum absolute atomic E-state index is 9.85. The minimum Gasteiger partial charge on any atom is -0.387 e. The molecule has 0 spiro atoms. The highest BCUT2D eigenvalue weighted by molar-refractivity contribution is 5.08. The lowest BCUT2D eigenvalue weighted by Gasteiger charge is -2.16. The third-order valence-corrected chi connectivity index (χ3v) is 2.34. The number of aliphatic hydroxyl groups excluding tert-OH is 1. The van der Waals surface area contributed by atoms with Gasteiger partial charge >= 0.3 is 0 Å². The summed E-state index contributed by atoms with van der Waals surface area (Å²) < 4.78 is 6.96. The Bertz CT molecular complexity index is 301. The van der Waals surface area contributed by atoms with Crippen molar-refractivity contribution in [3.8, 4) is 0 Å². The van der Waals surface area contributed by atoms with Crippen LogP contribution in [0.15, 0.2) is 12.4 Å². The predicted octanol–water partition coefficient (Wildman–Crippen LogP) is 0.468. The number of aryl methyl sites for hydroxylation is 1. The van der Waals surface area contributed by atoms with Gasteiger partial charge in [-0.3, -0.25) is 4.68 Å². The van der Waals surface area contributed by atoms with Crippen LogP contribution >= 0.6 is 0 Å². The van der Waals surface area contributed by atoms with E-state index >= 15 is 0 Å². The Kier molecular flexibility index (Phi) is 5.45. The number of hydrogen-bond acceptors (Lipinski definition) is 4. The standard InChI is InChI=1S/C11H21N3O2/c1-4-16-8-9(2)12-6-11(15)10-5-13-14(3)7-10/h5,7,9,11-12,15H,4,6,8H2,1-3H3. The quantitative estimate of drug-likeness (QED) is 0.711. The molecule has 2 atom stereocenters. The summed E-state index contributed by atoms with van der Waals surface area (Å²) in [6.45, 7) is 5.90. The summed E-state index contributed by atoms with van der Waals surface area (Å²) in [5, 5.41) is 17.1. The van der Waals surface area contributed by atoms with Gasteiger partial charge in [0.25, 0.3) is 0 Å². The van der Waals surface area contributed by atoms with Gasteiger partial charge in [0.2, 0.25) is 0 Å². The van der Waals surface area contributed by atoms with Crippen LogP contribution in [0.2, 0.25) is 0 Å². The van der Waals surface area contributed by atoms with Crippen LogP contribution in [0.3, 0.4) is 0 Å². The van der Waals surface area contributed by atoms with E-state index in [0.717, 1.165) is 12.2 Å². The summed E-state index contributed by atoms with van der Waals surface area (Å²) in [5.74, 6) is 0. The molecule has 2 N–H and O–H groups in total. The Balaban J connectivity index is 2.27. The van der Waals surface area contributed by atoms with Gasteiger partial charge in [0, 0.05) is 38.0 Å². The summed E-state index contributed by atoms with van der Waals surface area (Å²) in [5.41, 5.74) is 0.832. The molecular formula is C11H21N3O2. The van der Waals surface area contributed by atoms with E-state index in [4.69, 9.17) is 4.74 Å². The van der Waals surface area contributed by atoms with Gasteiger partial charge in [-0.25, -0.2) is 0 Å². The summed E-state index contributed by atoms with van der Waals surface area (Å²) in [6.07, 6.45) is 2.98. The summed E-state index contributed by atoms with van der Waals surface area (Å²) in [6, 6.07) is 0.242. The van der Waals surface area contributed by atoms with Crippen LogP contribution in [0.25, 0.3) is 0 Å². The molecule has 1 rings (SSSR count). The van der Waals surface area contributed by atoms with Crippen LogP contribution in [0.4, 0.5) is 0 Å². The lowest BCUT2D eigenvalue weighted by atomic mass is 10.2. The zero-order valence-electron chi connectivity index (χ0n) is 10.2. The number of aromatic nitrogens is 2. The van der Waals surface area contributed by atoms with Gasteiger partial charge in [0.1, 0.15) is 0 Å². The maximum atomic E-state index is 9.85. The van der Waals surface area contributed by atoms with E-state index < -0.39 is 6.10 Å². The Morgan fingerprint density at radius 1 is 1.62 bits per heavy atom. The number of rotatable bonds is 7. The number of nitrogens with one attached hydrogen (secondary N) is 1. The van der Waals surface area contributed by atoms with E-state index in [1.54, 1.807) is 10.9 Å². The largest absolute Gasteiger partial charge is 0.387 e. The second-order valence-electron chi connectivity index (χ2n) is 3.93. The third-order valence-electron chi connectivity index (χ3n) is 2.34. The zero-order chi connectivity index (χ0) is 12.0. The maximum Gasteiger partial charge on any atom is 0.0944 e. The monoisotopic (exact) mass is 227 g/mol. The van der Waals surface area contributed by atoms with Crippen molar-refractivity contribution in [1.82, 2.24) is 15.1 Å². The Morgan fingerprint density at radius 2 is 2.38 bits per heavy atom. The number of aliphatic hydroxyl groups is 1. The molecule has 0 aliphatic carbocycles. The second-order valence-corrected chi connectivity index (χ2v) is 3.93. The van der Waals surface area contributed by atoms with E-state index in [9.17, 15) is 5.11 Å². The van der Waals surface area contributed by atoms with Crippen LogP contribution in [-0.2, 0) is 11.8 Å². The lowest BCUT2D eigenvalue weighted by Crippen LogP contribution is -2.33. The highest BCUT2D eigenvalue weighted by Crippen LogP contribution is 2.09. The molecule has 0 bridgehead atoms. The average Bonchev–Trinajstić information content (AvgIpc) is 2.69. The highest BCUT2D eigenvalue weighted by atomic mass is 16.5. The van der Waals surface area contributed by atoms with Gasteiger partial charge in [0.15, 0.2) is 0 Å². The molecule has 0 aliphatic rings. The molecule has 5 heteroatoms. The van der Waals surface area contributed by atoms with Gasteiger partial charge in [-0.15, -0.1) is 0 Å². The first-order valence-electron chi connectivity index (χ1n) is 5.61. The SMILES string of the molecule is CCOCC(C)NCC(O)c1cnn(C)c1. The molecule has 1 heterocycles.